The third kappa shape index (κ3) is 52.0. The molecule has 1 heterocycles. The third-order valence-corrected chi connectivity index (χ3v) is 13.7. The number of rotatable bonds is 53. The van der Waals surface area contributed by atoms with E-state index in [2.05, 4.69) is 20.9 Å². The number of amides is 3. The van der Waals surface area contributed by atoms with Crippen LogP contribution in [0.3, 0.4) is 0 Å². The van der Waals surface area contributed by atoms with Crippen molar-refractivity contribution in [3.63, 3.8) is 0 Å². The molecule has 0 radical (unpaired) electrons. The molecule has 0 aromatic rings. The van der Waals surface area contributed by atoms with Crippen LogP contribution in [0.25, 0.3) is 0 Å². The Balaban J connectivity index is -0.00000187. The molecule has 0 aliphatic carbocycles. The standard InChI is InChI=1S/C39H64N4O12.C19H37NO3.C3H6O2.H2/c1-28(38(50)51)12-13-32(45)11-8-17-52-19-21-54-27-37(49)43-16-18-53-20-22-55-26-36(48)42-14-6-5-9-30(29(2)44)23-35(47)39(3,4)25-34(46)33(40)24-31-10-7-15-41-31;1-20-18(21)16-14-12-10-8-6-4-2-3-5-7-9-11-13-15-17-19(22)23;1-2-3(4)5;/h10,15,28,30,33H,5-9,11-14,16-27,40H2,1-4H3,(H,42,48)(H,43,49)(H,50,51);2-17H2,1H3,(H,20,21)(H,22,23);2H2,1H3,(H,4,5);1H/t28-,30+,33-;;;/m0.../s1. The summed E-state index contributed by atoms with van der Waals surface area (Å²) in [6.45, 7) is 10.0. The van der Waals surface area contributed by atoms with E-state index >= 15 is 0 Å². The molecule has 1 aliphatic heterocycles. The van der Waals surface area contributed by atoms with Gasteiger partial charge in [-0.1, -0.05) is 117 Å². The number of hydrogen-bond acceptors (Lipinski definition) is 16. The Morgan fingerprint density at radius 1 is 0.627 bits per heavy atom. The van der Waals surface area contributed by atoms with E-state index in [9.17, 15) is 47.9 Å². The van der Waals surface area contributed by atoms with Gasteiger partial charge in [-0.25, -0.2) is 0 Å². The maximum Gasteiger partial charge on any atom is 0.306 e. The Morgan fingerprint density at radius 2 is 1.13 bits per heavy atom. The molecule has 22 heteroatoms. The van der Waals surface area contributed by atoms with Crippen molar-refractivity contribution in [2.24, 2.45) is 28.0 Å². The third-order valence-electron chi connectivity index (χ3n) is 13.7. The monoisotopic (exact) mass is 1180 g/mol. The molecule has 0 spiro atoms. The Bertz CT molecular complexity index is 1920. The first-order chi connectivity index (χ1) is 39.6. The second-order valence-corrected chi connectivity index (χ2v) is 21.7. The second kappa shape index (κ2) is 53.4. The molecule has 0 saturated heterocycles. The zero-order valence-electron chi connectivity index (χ0n) is 51.3. The molecule has 0 bridgehead atoms. The van der Waals surface area contributed by atoms with Crippen LogP contribution >= 0.6 is 0 Å². The number of nitrogens with two attached hydrogens (primary N) is 1. The van der Waals surface area contributed by atoms with Gasteiger partial charge in [0.1, 0.15) is 30.6 Å². The summed E-state index contributed by atoms with van der Waals surface area (Å²) >= 11 is 0. The maximum atomic E-state index is 13.1. The number of carbonyl (C=O) groups excluding carboxylic acids is 7. The molecule has 22 nitrogen and oxygen atoms in total. The van der Waals surface area contributed by atoms with E-state index in [4.69, 9.17) is 40.0 Å². The van der Waals surface area contributed by atoms with Gasteiger partial charge in [-0.15, -0.1) is 0 Å². The minimum Gasteiger partial charge on any atom is -0.481 e. The zero-order valence-corrected chi connectivity index (χ0v) is 51.3. The number of nitrogens with one attached hydrogen (secondary N) is 3. The predicted octanol–water partition coefficient (Wildman–Crippen LogP) is 8.32. The van der Waals surface area contributed by atoms with Crippen molar-refractivity contribution < 1.29 is 83.6 Å². The summed E-state index contributed by atoms with van der Waals surface area (Å²) in [7, 11) is 1.70. The van der Waals surface area contributed by atoms with E-state index in [1.54, 1.807) is 41.0 Å². The Kier molecular flexibility index (Phi) is 51.4. The first-order valence-electron chi connectivity index (χ1n) is 30.3. The second-order valence-electron chi connectivity index (χ2n) is 21.7. The molecule has 1 rings (SSSR count). The highest BCUT2D eigenvalue weighted by Gasteiger charge is 2.34. The van der Waals surface area contributed by atoms with E-state index in [-0.39, 0.29) is 121 Å². The summed E-state index contributed by atoms with van der Waals surface area (Å²) in [4.78, 5) is 120. The van der Waals surface area contributed by atoms with Crippen LogP contribution in [0.1, 0.15) is 216 Å². The first kappa shape index (κ1) is 79.8. The number of carboxylic acid groups (broad SMARTS) is 3. The minimum absolute atomic E-state index is 0. The molecule has 480 valence electrons. The molecule has 0 saturated carbocycles. The highest BCUT2D eigenvalue weighted by molar-refractivity contribution is 5.94. The topological polar surface area (TPSA) is 343 Å². The van der Waals surface area contributed by atoms with E-state index in [1.165, 1.54) is 77.6 Å². The highest BCUT2D eigenvalue weighted by Crippen LogP contribution is 2.29. The first-order valence-corrected chi connectivity index (χ1v) is 30.3. The molecule has 0 fully saturated rings. The lowest BCUT2D eigenvalue weighted by molar-refractivity contribution is -0.141. The van der Waals surface area contributed by atoms with Crippen LogP contribution < -0.4 is 21.7 Å². The molecule has 8 N–H and O–H groups in total. The van der Waals surface area contributed by atoms with E-state index in [0.717, 1.165) is 31.4 Å². The van der Waals surface area contributed by atoms with Gasteiger partial charge < -0.3 is 56.0 Å². The van der Waals surface area contributed by atoms with Gasteiger partial charge in [-0.3, -0.25) is 52.9 Å². The average Bonchev–Trinajstić information content (AvgIpc) is 3.97. The van der Waals surface area contributed by atoms with Crippen molar-refractivity contribution in [2.45, 2.75) is 220 Å². The molecule has 3 atom stereocenters. The summed E-state index contributed by atoms with van der Waals surface area (Å²) in [6.07, 6.45) is 26.3. The minimum atomic E-state index is -0.945. The van der Waals surface area contributed by atoms with Crippen LogP contribution in [0.2, 0.25) is 0 Å². The molecule has 0 aromatic heterocycles. The molecule has 1 aliphatic rings. The van der Waals surface area contributed by atoms with Gasteiger partial charge in [0.2, 0.25) is 17.7 Å². The van der Waals surface area contributed by atoms with Gasteiger partial charge in [0, 0.05) is 109 Å². The van der Waals surface area contributed by atoms with Crippen molar-refractivity contribution in [3.8, 4) is 0 Å². The lowest BCUT2D eigenvalue weighted by Gasteiger charge is -2.26. The maximum absolute atomic E-state index is 13.1. The SMILES string of the molecule is CC(=O)[C@H](CCCCNC(=O)COCCOCCNC(=O)COCCOCCCC(=O)CC[C@H](C)C(=O)O)CC(=O)C(C)(C)CC(=O)[C@@H](N)CC1=CCC=N1.CCC(=O)O.CNC(=O)CCCCCCCCCCCCCCCCC(=O)O.[HH]. The Labute approximate surface area is 496 Å². The number of carbonyl (C=O) groups is 10. The summed E-state index contributed by atoms with van der Waals surface area (Å²) in [5.41, 5.74) is 5.91. The smallest absolute Gasteiger partial charge is 0.306 e. The zero-order chi connectivity index (χ0) is 62.5. The fraction of sp³-hybridized carbons (Fsp3) is 0.787. The molecule has 0 aromatic carbocycles. The van der Waals surface area contributed by atoms with Gasteiger partial charge in [0.15, 0.2) is 5.78 Å². The number of Topliss-reactive ketones (excluding diaryl/α,β-unsaturated/α-hetero) is 4. The Hall–Kier alpha value is -5.29. The number of hydrogen-bond donors (Lipinski definition) is 7. The number of aliphatic imine (C=N–C) groups is 1. The van der Waals surface area contributed by atoms with E-state index < -0.39 is 41.2 Å². The van der Waals surface area contributed by atoms with Gasteiger partial charge in [-0.2, -0.15) is 0 Å². The normalized spacial score (nSPS) is 12.8. The van der Waals surface area contributed by atoms with Crippen LogP contribution in [0.15, 0.2) is 16.8 Å². The van der Waals surface area contributed by atoms with Crippen LogP contribution in [0.4, 0.5) is 0 Å². The Morgan fingerprint density at radius 3 is 1.61 bits per heavy atom. The van der Waals surface area contributed by atoms with Crippen LogP contribution in [0.5, 0.6) is 0 Å². The van der Waals surface area contributed by atoms with Gasteiger partial charge in [-0.05, 0) is 45.4 Å². The van der Waals surface area contributed by atoms with Crippen LogP contribution in [-0.4, -0.2) is 159 Å². The largest absolute Gasteiger partial charge is 0.481 e. The number of ether oxygens (including phenoxy) is 4. The fourth-order valence-electron chi connectivity index (χ4n) is 8.18. The molecular formula is C61H109N5O17. The highest BCUT2D eigenvalue weighted by atomic mass is 16.5. The number of ketones is 4. The fourth-order valence-corrected chi connectivity index (χ4v) is 8.18. The van der Waals surface area contributed by atoms with Crippen molar-refractivity contribution in [2.75, 3.05) is 73.0 Å². The van der Waals surface area contributed by atoms with Crippen LogP contribution in [-0.2, 0) is 66.9 Å². The van der Waals surface area contributed by atoms with Crippen molar-refractivity contribution in [1.82, 2.24) is 16.0 Å². The number of aliphatic carboxylic acids is 3. The van der Waals surface area contributed by atoms with Crippen molar-refractivity contribution in [1.29, 1.82) is 0 Å². The average molecular weight is 1180 g/mol. The van der Waals surface area contributed by atoms with Crippen molar-refractivity contribution >= 4 is 65.0 Å². The predicted molar refractivity (Wildman–Crippen MR) is 320 cm³/mol. The van der Waals surface area contributed by atoms with Gasteiger partial charge >= 0.3 is 17.9 Å². The lowest BCUT2D eigenvalue weighted by Crippen LogP contribution is -2.37. The number of allylic oxidation sites excluding steroid dienone is 1. The summed E-state index contributed by atoms with van der Waals surface area (Å²) in [5.74, 6) is -4.19. The van der Waals surface area contributed by atoms with Crippen LogP contribution in [0, 0.1) is 17.3 Å². The summed E-state index contributed by atoms with van der Waals surface area (Å²) in [5, 5.41) is 33.2. The molecule has 3 amide bonds. The quantitative estimate of drug-likeness (QED) is 0.0281. The summed E-state index contributed by atoms with van der Waals surface area (Å²) < 4.78 is 21.4. The van der Waals surface area contributed by atoms with E-state index in [1.807, 2.05) is 6.08 Å². The molecule has 0 unspecified atom stereocenters. The van der Waals surface area contributed by atoms with E-state index in [0.29, 0.717) is 70.9 Å². The number of unbranched alkanes of at least 4 members (excludes halogenated alkanes) is 14. The van der Waals surface area contributed by atoms with Gasteiger partial charge in [0.25, 0.3) is 0 Å². The number of carboxylic acids is 3. The van der Waals surface area contributed by atoms with Crippen molar-refractivity contribution in [3.05, 3.63) is 11.8 Å². The molecular weight excluding hydrogens is 1070 g/mol. The molecule has 83 heavy (non-hydrogen) atoms. The number of nitrogens with zero attached hydrogens (tertiary/aromatic N) is 1. The van der Waals surface area contributed by atoms with Gasteiger partial charge in [0.05, 0.1) is 45.0 Å². The lowest BCUT2D eigenvalue weighted by atomic mass is 9.77. The summed E-state index contributed by atoms with van der Waals surface area (Å²) in [6, 6.07) is -0.733.